The van der Waals surface area contributed by atoms with Crippen LogP contribution < -0.4 is 10.6 Å². The van der Waals surface area contributed by atoms with E-state index < -0.39 is 0 Å². The number of rotatable bonds is 7. The van der Waals surface area contributed by atoms with E-state index in [0.29, 0.717) is 6.54 Å². The van der Waals surface area contributed by atoms with E-state index in [4.69, 9.17) is 4.99 Å². The maximum Gasteiger partial charge on any atom is 0.191 e. The van der Waals surface area contributed by atoms with E-state index in [-0.39, 0.29) is 6.04 Å². The van der Waals surface area contributed by atoms with Gasteiger partial charge in [-0.2, -0.15) is 0 Å². The van der Waals surface area contributed by atoms with E-state index in [1.165, 1.54) is 9.75 Å². The first-order valence-corrected chi connectivity index (χ1v) is 10.0. The summed E-state index contributed by atoms with van der Waals surface area (Å²) in [5, 5.41) is 15.1. The van der Waals surface area contributed by atoms with E-state index in [2.05, 4.69) is 53.7 Å². The van der Waals surface area contributed by atoms with E-state index in [1.807, 2.05) is 46.2 Å². The topological polar surface area (TPSA) is 67.1 Å². The van der Waals surface area contributed by atoms with Crippen molar-refractivity contribution in [2.75, 3.05) is 6.54 Å². The summed E-state index contributed by atoms with van der Waals surface area (Å²) in [6, 6.07) is 14.7. The molecule has 27 heavy (non-hydrogen) atoms. The Balaban J connectivity index is 1.66. The smallest absolute Gasteiger partial charge is 0.191 e. The van der Waals surface area contributed by atoms with Crippen LogP contribution in [0.5, 0.6) is 0 Å². The molecule has 0 spiro atoms. The van der Waals surface area contributed by atoms with Gasteiger partial charge in [0.25, 0.3) is 0 Å². The Morgan fingerprint density at radius 3 is 2.74 bits per heavy atom. The van der Waals surface area contributed by atoms with Crippen molar-refractivity contribution in [2.24, 2.45) is 4.99 Å². The molecule has 0 amide bonds. The van der Waals surface area contributed by atoms with Crippen molar-refractivity contribution in [3.8, 4) is 5.69 Å². The molecule has 6 nitrogen and oxygen atoms in total. The number of guanidine groups is 1. The van der Waals surface area contributed by atoms with E-state index in [0.717, 1.165) is 30.4 Å². The van der Waals surface area contributed by atoms with Crippen molar-refractivity contribution in [3.63, 3.8) is 0 Å². The molecule has 0 aliphatic heterocycles. The fourth-order valence-corrected chi connectivity index (χ4v) is 3.84. The van der Waals surface area contributed by atoms with Crippen LogP contribution in [-0.4, -0.2) is 33.3 Å². The van der Waals surface area contributed by atoms with Crippen molar-refractivity contribution in [3.05, 3.63) is 64.4 Å². The summed E-state index contributed by atoms with van der Waals surface area (Å²) in [5.74, 6) is 1.60. The minimum absolute atomic E-state index is 0.285. The third-order valence-electron chi connectivity index (χ3n) is 4.06. The second-order valence-electron chi connectivity index (χ2n) is 6.41. The number of nitrogens with one attached hydrogen (secondary N) is 2. The molecule has 1 atom stereocenters. The highest BCUT2D eigenvalue weighted by Crippen LogP contribution is 2.16. The van der Waals surface area contributed by atoms with Crippen LogP contribution in [0.1, 0.15) is 29.4 Å². The molecule has 3 aromatic rings. The third kappa shape index (κ3) is 5.40. The Morgan fingerprint density at radius 1 is 1.22 bits per heavy atom. The minimum atomic E-state index is 0.285. The van der Waals surface area contributed by atoms with Crippen molar-refractivity contribution in [1.82, 2.24) is 25.4 Å². The Kier molecular flexibility index (Phi) is 6.59. The largest absolute Gasteiger partial charge is 0.357 e. The van der Waals surface area contributed by atoms with Gasteiger partial charge in [-0.05, 0) is 45.0 Å². The molecule has 7 heteroatoms. The molecule has 2 heterocycles. The third-order valence-corrected chi connectivity index (χ3v) is 5.09. The molecule has 1 unspecified atom stereocenters. The molecule has 0 saturated carbocycles. The number of hydrogen-bond donors (Lipinski definition) is 2. The second kappa shape index (κ2) is 9.32. The summed E-state index contributed by atoms with van der Waals surface area (Å²) in [4.78, 5) is 7.43. The molecular weight excluding hydrogens is 356 g/mol. The van der Waals surface area contributed by atoms with Crippen molar-refractivity contribution in [1.29, 1.82) is 0 Å². The highest BCUT2D eigenvalue weighted by Gasteiger charge is 2.09. The summed E-state index contributed by atoms with van der Waals surface area (Å²) in [7, 11) is 0. The molecular formula is C20H26N6S. The highest BCUT2D eigenvalue weighted by atomic mass is 32.1. The van der Waals surface area contributed by atoms with Gasteiger partial charge in [-0.1, -0.05) is 18.2 Å². The van der Waals surface area contributed by atoms with Crippen LogP contribution in [-0.2, 0) is 13.0 Å². The van der Waals surface area contributed by atoms with Gasteiger partial charge in [-0.25, -0.2) is 4.99 Å². The Labute approximate surface area is 164 Å². The molecule has 2 N–H and O–H groups in total. The van der Waals surface area contributed by atoms with E-state index >= 15 is 0 Å². The van der Waals surface area contributed by atoms with Gasteiger partial charge in [0.1, 0.15) is 12.9 Å². The number of benzene rings is 1. The summed E-state index contributed by atoms with van der Waals surface area (Å²) in [5.41, 5.74) is 1.03. The molecule has 142 valence electrons. The molecule has 0 bridgehead atoms. The maximum atomic E-state index is 4.70. The molecule has 3 rings (SSSR count). The van der Waals surface area contributed by atoms with Crippen LogP contribution in [0, 0.1) is 6.92 Å². The van der Waals surface area contributed by atoms with Gasteiger partial charge >= 0.3 is 0 Å². The Morgan fingerprint density at radius 2 is 2.04 bits per heavy atom. The standard InChI is InChI=1S/C20H26N6S/c1-4-21-20(24-15(2)12-18-11-10-16(3)27-18)22-13-19-25-23-14-26(19)17-8-6-5-7-9-17/h5-11,14-15H,4,12-13H2,1-3H3,(H2,21,22,24). The van der Waals surface area contributed by atoms with Crippen molar-refractivity contribution >= 4 is 17.3 Å². The molecule has 0 aliphatic carbocycles. The summed E-state index contributed by atoms with van der Waals surface area (Å²) in [6.45, 7) is 7.64. The lowest BCUT2D eigenvalue weighted by Crippen LogP contribution is -2.43. The first-order chi connectivity index (χ1) is 13.2. The van der Waals surface area contributed by atoms with Crippen LogP contribution in [0.3, 0.4) is 0 Å². The molecule has 0 saturated heterocycles. The average Bonchev–Trinajstić information content (AvgIpc) is 3.29. The van der Waals surface area contributed by atoms with Gasteiger partial charge in [0.05, 0.1) is 0 Å². The summed E-state index contributed by atoms with van der Waals surface area (Å²) < 4.78 is 1.96. The molecule has 0 radical (unpaired) electrons. The van der Waals surface area contributed by atoms with Gasteiger partial charge in [0.2, 0.25) is 0 Å². The van der Waals surface area contributed by atoms with Gasteiger partial charge in [0.15, 0.2) is 11.8 Å². The predicted molar refractivity (Wildman–Crippen MR) is 112 cm³/mol. The maximum absolute atomic E-state index is 4.70. The summed E-state index contributed by atoms with van der Waals surface area (Å²) in [6.07, 6.45) is 2.70. The van der Waals surface area contributed by atoms with E-state index in [9.17, 15) is 0 Å². The normalized spacial score (nSPS) is 12.8. The monoisotopic (exact) mass is 382 g/mol. The Bertz CT molecular complexity index is 867. The zero-order valence-electron chi connectivity index (χ0n) is 16.0. The number of thiophene rings is 1. The number of aryl methyl sites for hydroxylation is 1. The van der Waals surface area contributed by atoms with Gasteiger partial charge in [-0.15, -0.1) is 21.5 Å². The number of para-hydroxylation sites is 1. The lowest BCUT2D eigenvalue weighted by Gasteiger charge is -2.17. The van der Waals surface area contributed by atoms with Crippen LogP contribution in [0.15, 0.2) is 53.8 Å². The predicted octanol–water partition coefficient (Wildman–Crippen LogP) is 3.32. The fourth-order valence-electron chi connectivity index (χ4n) is 2.82. The second-order valence-corrected chi connectivity index (χ2v) is 7.78. The number of nitrogens with zero attached hydrogens (tertiary/aromatic N) is 4. The zero-order chi connectivity index (χ0) is 19.1. The number of hydrogen-bond acceptors (Lipinski definition) is 4. The highest BCUT2D eigenvalue weighted by molar-refractivity contribution is 7.11. The van der Waals surface area contributed by atoms with Crippen LogP contribution in [0.25, 0.3) is 5.69 Å². The molecule has 0 fully saturated rings. The van der Waals surface area contributed by atoms with Crippen molar-refractivity contribution < 1.29 is 0 Å². The average molecular weight is 383 g/mol. The van der Waals surface area contributed by atoms with Gasteiger partial charge in [0, 0.05) is 34.4 Å². The molecule has 2 aromatic heterocycles. The SMILES string of the molecule is CCNC(=NCc1nncn1-c1ccccc1)NC(C)Cc1ccc(C)s1. The lowest BCUT2D eigenvalue weighted by molar-refractivity contribution is 0.644. The number of aromatic nitrogens is 3. The lowest BCUT2D eigenvalue weighted by atomic mass is 10.2. The van der Waals surface area contributed by atoms with Crippen LogP contribution >= 0.6 is 11.3 Å². The zero-order valence-corrected chi connectivity index (χ0v) is 16.8. The minimum Gasteiger partial charge on any atom is -0.357 e. The van der Waals surface area contributed by atoms with Crippen LogP contribution in [0.4, 0.5) is 0 Å². The fraction of sp³-hybridized carbons (Fsp3) is 0.350. The summed E-state index contributed by atoms with van der Waals surface area (Å²) >= 11 is 1.85. The first kappa shape index (κ1) is 19.1. The Hall–Kier alpha value is -2.67. The molecule has 1 aromatic carbocycles. The first-order valence-electron chi connectivity index (χ1n) is 9.20. The van der Waals surface area contributed by atoms with Crippen molar-refractivity contribution in [2.45, 2.75) is 39.8 Å². The number of aliphatic imine (C=N–C) groups is 1. The van der Waals surface area contributed by atoms with Gasteiger partial charge < -0.3 is 10.6 Å². The van der Waals surface area contributed by atoms with E-state index in [1.54, 1.807) is 6.33 Å². The molecule has 0 aliphatic rings. The van der Waals surface area contributed by atoms with Gasteiger partial charge in [-0.3, -0.25) is 4.57 Å². The quantitative estimate of drug-likeness (QED) is 0.486. The van der Waals surface area contributed by atoms with Crippen LogP contribution in [0.2, 0.25) is 0 Å².